The van der Waals surface area contributed by atoms with Crippen LogP contribution in [0.5, 0.6) is 0 Å². The number of hydrogen-bond acceptors (Lipinski definition) is 2. The van der Waals surface area contributed by atoms with Gasteiger partial charge < -0.3 is 4.90 Å². The number of nitrogens with zero attached hydrogens (tertiary/aromatic N) is 1. The van der Waals surface area contributed by atoms with Crippen molar-refractivity contribution in [2.45, 2.75) is 26.2 Å². The third-order valence-electron chi connectivity index (χ3n) is 2.35. The lowest BCUT2D eigenvalue weighted by atomic mass is 10.2. The molecule has 3 nitrogen and oxygen atoms in total. The Morgan fingerprint density at radius 1 is 1.50 bits per heavy atom. The molecule has 0 heterocycles. The average molecular weight is 195 g/mol. The van der Waals surface area contributed by atoms with E-state index in [1.54, 1.807) is 11.0 Å². The van der Waals surface area contributed by atoms with E-state index < -0.39 is 0 Å². The van der Waals surface area contributed by atoms with Crippen LogP contribution in [0.3, 0.4) is 0 Å². The summed E-state index contributed by atoms with van der Waals surface area (Å²) in [6, 6.07) is 0. The molecule has 0 aromatic rings. The lowest BCUT2D eigenvalue weighted by Crippen LogP contribution is -2.36. The van der Waals surface area contributed by atoms with Crippen LogP contribution in [0.1, 0.15) is 26.2 Å². The van der Waals surface area contributed by atoms with Gasteiger partial charge in [0.05, 0.1) is 6.54 Å². The maximum Gasteiger partial charge on any atom is 0.226 e. The molecular weight excluding hydrogens is 178 g/mol. The molecule has 0 unspecified atom stereocenters. The number of Topliss-reactive ketones (excluding diaryl/α,β-unsaturated/α-hetero) is 1. The molecule has 1 amide bonds. The van der Waals surface area contributed by atoms with Gasteiger partial charge >= 0.3 is 0 Å². The fourth-order valence-electron chi connectivity index (χ4n) is 1.30. The molecule has 1 aliphatic rings. The van der Waals surface area contributed by atoms with Crippen molar-refractivity contribution in [3.8, 4) is 0 Å². The van der Waals surface area contributed by atoms with E-state index in [1.165, 1.54) is 0 Å². The Labute approximate surface area is 84.8 Å². The molecule has 0 radical (unpaired) electrons. The Balaban J connectivity index is 2.48. The summed E-state index contributed by atoms with van der Waals surface area (Å²) in [4.78, 5) is 24.5. The summed E-state index contributed by atoms with van der Waals surface area (Å²) in [5, 5.41) is 0. The number of amides is 1. The van der Waals surface area contributed by atoms with Crippen LogP contribution in [0.2, 0.25) is 0 Å². The van der Waals surface area contributed by atoms with E-state index in [9.17, 15) is 9.59 Å². The molecule has 1 saturated carbocycles. The van der Waals surface area contributed by atoms with Crippen LogP contribution in [0, 0.1) is 5.92 Å². The quantitative estimate of drug-likeness (QED) is 0.601. The largest absolute Gasteiger partial charge is 0.331 e. The van der Waals surface area contributed by atoms with E-state index in [2.05, 4.69) is 6.58 Å². The van der Waals surface area contributed by atoms with Gasteiger partial charge in [0.1, 0.15) is 0 Å². The molecule has 0 spiro atoms. The van der Waals surface area contributed by atoms with E-state index in [-0.39, 0.29) is 24.2 Å². The highest BCUT2D eigenvalue weighted by Gasteiger charge is 2.33. The minimum absolute atomic E-state index is 0.112. The van der Waals surface area contributed by atoms with Crippen molar-refractivity contribution in [2.75, 3.05) is 13.1 Å². The predicted molar refractivity (Wildman–Crippen MR) is 54.8 cm³/mol. The molecule has 0 bridgehead atoms. The Bertz CT molecular complexity index is 244. The molecule has 78 valence electrons. The second kappa shape index (κ2) is 4.94. The molecule has 1 rings (SSSR count). The zero-order valence-corrected chi connectivity index (χ0v) is 8.66. The Morgan fingerprint density at radius 3 is 2.57 bits per heavy atom. The minimum Gasteiger partial charge on any atom is -0.331 e. The number of hydrogen-bond donors (Lipinski definition) is 0. The average Bonchev–Trinajstić information content (AvgIpc) is 2.99. The molecule has 3 heteroatoms. The summed E-state index contributed by atoms with van der Waals surface area (Å²) in [6.45, 7) is 6.14. The lowest BCUT2D eigenvalue weighted by molar-refractivity contribution is -0.135. The Morgan fingerprint density at radius 2 is 2.14 bits per heavy atom. The third-order valence-corrected chi connectivity index (χ3v) is 2.35. The topological polar surface area (TPSA) is 37.4 Å². The molecule has 0 saturated heterocycles. The molecule has 0 aromatic heterocycles. The van der Waals surface area contributed by atoms with Crippen molar-refractivity contribution >= 4 is 11.7 Å². The number of rotatable bonds is 6. The lowest BCUT2D eigenvalue weighted by Gasteiger charge is -2.19. The van der Waals surface area contributed by atoms with E-state index in [4.69, 9.17) is 0 Å². The monoisotopic (exact) mass is 195 g/mol. The maximum absolute atomic E-state index is 11.7. The normalized spacial score (nSPS) is 14.9. The highest BCUT2D eigenvalue weighted by molar-refractivity contribution is 5.87. The molecular formula is C11H17NO2. The van der Waals surface area contributed by atoms with E-state index in [0.717, 1.165) is 12.8 Å². The Kier molecular flexibility index (Phi) is 3.86. The van der Waals surface area contributed by atoms with Gasteiger partial charge in [-0.1, -0.05) is 13.0 Å². The highest BCUT2D eigenvalue weighted by Crippen LogP contribution is 2.30. The second-order valence-corrected chi connectivity index (χ2v) is 3.67. The van der Waals surface area contributed by atoms with Gasteiger partial charge in [-0.2, -0.15) is 0 Å². The van der Waals surface area contributed by atoms with Crippen molar-refractivity contribution in [3.05, 3.63) is 12.7 Å². The third kappa shape index (κ3) is 2.98. The van der Waals surface area contributed by atoms with Crippen LogP contribution in [0.15, 0.2) is 12.7 Å². The second-order valence-electron chi connectivity index (χ2n) is 3.67. The van der Waals surface area contributed by atoms with E-state index in [0.29, 0.717) is 13.0 Å². The first kappa shape index (κ1) is 11.0. The van der Waals surface area contributed by atoms with Gasteiger partial charge in [-0.05, 0) is 12.8 Å². The summed E-state index contributed by atoms with van der Waals surface area (Å²) < 4.78 is 0. The summed E-state index contributed by atoms with van der Waals surface area (Å²) >= 11 is 0. The SMILES string of the molecule is C=CCN(CC(=O)CC)C(=O)C1CC1. The highest BCUT2D eigenvalue weighted by atomic mass is 16.2. The van der Waals surface area contributed by atoms with Gasteiger partial charge in [0, 0.05) is 18.9 Å². The number of carbonyl (C=O) groups excluding carboxylic acids is 2. The first-order valence-electron chi connectivity index (χ1n) is 5.10. The van der Waals surface area contributed by atoms with Crippen molar-refractivity contribution in [1.29, 1.82) is 0 Å². The fourth-order valence-corrected chi connectivity index (χ4v) is 1.30. The van der Waals surface area contributed by atoms with Gasteiger partial charge in [0.25, 0.3) is 0 Å². The van der Waals surface area contributed by atoms with Gasteiger partial charge in [0.2, 0.25) is 5.91 Å². The van der Waals surface area contributed by atoms with E-state index >= 15 is 0 Å². The molecule has 14 heavy (non-hydrogen) atoms. The first-order valence-corrected chi connectivity index (χ1v) is 5.10. The van der Waals surface area contributed by atoms with Crippen molar-refractivity contribution in [1.82, 2.24) is 4.90 Å². The zero-order chi connectivity index (χ0) is 10.6. The van der Waals surface area contributed by atoms with Crippen LogP contribution in [0.4, 0.5) is 0 Å². The van der Waals surface area contributed by atoms with Crippen molar-refractivity contribution in [2.24, 2.45) is 5.92 Å². The minimum atomic E-state index is 0.112. The van der Waals surface area contributed by atoms with Crippen LogP contribution >= 0.6 is 0 Å². The molecule has 0 atom stereocenters. The van der Waals surface area contributed by atoms with Crippen LogP contribution < -0.4 is 0 Å². The number of carbonyl (C=O) groups is 2. The van der Waals surface area contributed by atoms with Gasteiger partial charge in [-0.25, -0.2) is 0 Å². The fraction of sp³-hybridized carbons (Fsp3) is 0.636. The summed E-state index contributed by atoms with van der Waals surface area (Å²) in [5.41, 5.74) is 0. The van der Waals surface area contributed by atoms with Crippen LogP contribution in [-0.4, -0.2) is 29.7 Å². The standard InChI is InChI=1S/C11H17NO2/c1-3-7-12(8-10(13)4-2)11(14)9-5-6-9/h3,9H,1,4-8H2,2H3. The maximum atomic E-state index is 11.7. The first-order chi connectivity index (χ1) is 6.69. The molecule has 0 aliphatic heterocycles. The Hall–Kier alpha value is -1.12. The summed E-state index contributed by atoms with van der Waals surface area (Å²) in [6.07, 6.45) is 4.12. The van der Waals surface area contributed by atoms with Crippen LogP contribution in [0.25, 0.3) is 0 Å². The molecule has 0 aromatic carbocycles. The zero-order valence-electron chi connectivity index (χ0n) is 8.66. The van der Waals surface area contributed by atoms with Crippen LogP contribution in [-0.2, 0) is 9.59 Å². The van der Waals surface area contributed by atoms with Gasteiger partial charge in [-0.15, -0.1) is 6.58 Å². The van der Waals surface area contributed by atoms with Gasteiger partial charge in [-0.3, -0.25) is 9.59 Å². The predicted octanol–water partition coefficient (Wildman–Crippen LogP) is 1.39. The molecule has 0 N–H and O–H groups in total. The molecule has 1 fully saturated rings. The van der Waals surface area contributed by atoms with Gasteiger partial charge in [0.15, 0.2) is 5.78 Å². The smallest absolute Gasteiger partial charge is 0.226 e. The molecule has 1 aliphatic carbocycles. The summed E-state index contributed by atoms with van der Waals surface area (Å²) in [7, 11) is 0. The van der Waals surface area contributed by atoms with E-state index in [1.807, 2.05) is 6.92 Å². The number of ketones is 1. The van der Waals surface area contributed by atoms with Crippen molar-refractivity contribution in [3.63, 3.8) is 0 Å². The summed E-state index contributed by atoms with van der Waals surface area (Å²) in [5.74, 6) is 0.409. The van der Waals surface area contributed by atoms with Crippen molar-refractivity contribution < 1.29 is 9.59 Å².